The van der Waals surface area contributed by atoms with Crippen LogP contribution < -0.4 is 5.32 Å². The summed E-state index contributed by atoms with van der Waals surface area (Å²) in [6.07, 6.45) is 1.42. The summed E-state index contributed by atoms with van der Waals surface area (Å²) in [7, 11) is 0. The van der Waals surface area contributed by atoms with Crippen molar-refractivity contribution in [3.8, 4) is 0 Å². The minimum atomic E-state index is -0.497. The Hall–Kier alpha value is -1.77. The van der Waals surface area contributed by atoms with E-state index in [-0.39, 0.29) is 12.0 Å². The molecule has 3 heteroatoms. The number of rotatable bonds is 4. The van der Waals surface area contributed by atoms with Gasteiger partial charge in [-0.15, -0.1) is 6.58 Å². The van der Waals surface area contributed by atoms with E-state index in [1.54, 1.807) is 0 Å². The second-order valence-corrected chi connectivity index (χ2v) is 5.63. The van der Waals surface area contributed by atoms with Crippen LogP contribution in [-0.4, -0.2) is 11.7 Å². The summed E-state index contributed by atoms with van der Waals surface area (Å²) in [5.41, 5.74) is 0.545. The zero-order valence-electron chi connectivity index (χ0n) is 12.1. The molecule has 0 saturated carbocycles. The summed E-state index contributed by atoms with van der Waals surface area (Å²) < 4.78 is 5.30. The average Bonchev–Trinajstić information content (AvgIpc) is 2.34. The SMILES string of the molecule is C=C[C@H](C)[C@H](NC(=O)OC(C)(C)C)c1ccccc1. The zero-order valence-corrected chi connectivity index (χ0v) is 12.1. The second-order valence-electron chi connectivity index (χ2n) is 5.63. The van der Waals surface area contributed by atoms with Gasteiger partial charge in [-0.3, -0.25) is 0 Å². The molecule has 104 valence electrons. The van der Waals surface area contributed by atoms with E-state index in [0.29, 0.717) is 0 Å². The van der Waals surface area contributed by atoms with Crippen molar-refractivity contribution in [3.63, 3.8) is 0 Å². The summed E-state index contributed by atoms with van der Waals surface area (Å²) in [6, 6.07) is 9.70. The fourth-order valence-electron chi connectivity index (χ4n) is 1.75. The van der Waals surface area contributed by atoms with Crippen molar-refractivity contribution in [2.75, 3.05) is 0 Å². The normalized spacial score (nSPS) is 14.3. The third kappa shape index (κ3) is 5.16. The largest absolute Gasteiger partial charge is 0.444 e. The van der Waals surface area contributed by atoms with Gasteiger partial charge in [0.25, 0.3) is 0 Å². The predicted octanol–water partition coefficient (Wildman–Crippen LogP) is 4.07. The highest BCUT2D eigenvalue weighted by molar-refractivity contribution is 5.68. The molecule has 1 aromatic rings. The molecule has 0 aliphatic rings. The molecule has 0 spiro atoms. The van der Waals surface area contributed by atoms with Gasteiger partial charge in [0.05, 0.1) is 6.04 Å². The molecule has 0 fully saturated rings. The van der Waals surface area contributed by atoms with Crippen molar-refractivity contribution in [2.24, 2.45) is 5.92 Å². The molecular weight excluding hydrogens is 238 g/mol. The first kappa shape index (κ1) is 15.3. The molecule has 1 aromatic carbocycles. The van der Waals surface area contributed by atoms with E-state index in [1.807, 2.05) is 64.1 Å². The standard InChI is InChI=1S/C16H23NO2/c1-6-12(2)14(13-10-8-7-9-11-13)17-15(18)19-16(3,4)5/h6-12,14H,1H2,2-5H3,(H,17,18)/t12-,14-/m0/s1. The predicted molar refractivity (Wildman–Crippen MR) is 77.9 cm³/mol. The van der Waals surface area contributed by atoms with Gasteiger partial charge in [-0.05, 0) is 32.3 Å². The van der Waals surface area contributed by atoms with Crippen molar-refractivity contribution in [1.29, 1.82) is 0 Å². The summed E-state index contributed by atoms with van der Waals surface area (Å²) in [5, 5.41) is 2.91. The minimum Gasteiger partial charge on any atom is -0.444 e. The molecule has 0 bridgehead atoms. The Morgan fingerprint density at radius 1 is 1.32 bits per heavy atom. The Morgan fingerprint density at radius 3 is 2.37 bits per heavy atom. The van der Waals surface area contributed by atoms with E-state index >= 15 is 0 Å². The van der Waals surface area contributed by atoms with Gasteiger partial charge in [0.2, 0.25) is 0 Å². The summed E-state index contributed by atoms with van der Waals surface area (Å²) in [6.45, 7) is 11.4. The van der Waals surface area contributed by atoms with Crippen molar-refractivity contribution >= 4 is 6.09 Å². The molecule has 0 aliphatic heterocycles. The first-order valence-corrected chi connectivity index (χ1v) is 6.50. The van der Waals surface area contributed by atoms with Gasteiger partial charge in [-0.1, -0.05) is 43.3 Å². The number of hydrogen-bond donors (Lipinski definition) is 1. The molecule has 1 N–H and O–H groups in total. The van der Waals surface area contributed by atoms with Gasteiger partial charge in [-0.25, -0.2) is 4.79 Å². The van der Waals surface area contributed by atoms with Crippen LogP contribution in [0, 0.1) is 5.92 Å². The number of amides is 1. The summed E-state index contributed by atoms with van der Waals surface area (Å²) in [4.78, 5) is 11.9. The highest BCUT2D eigenvalue weighted by Crippen LogP contribution is 2.23. The average molecular weight is 261 g/mol. The number of benzene rings is 1. The third-order valence-electron chi connectivity index (χ3n) is 2.73. The molecule has 0 aromatic heterocycles. The Labute approximate surface area is 115 Å². The molecule has 0 unspecified atom stereocenters. The van der Waals surface area contributed by atoms with Gasteiger partial charge in [0.15, 0.2) is 0 Å². The lowest BCUT2D eigenvalue weighted by atomic mass is 9.95. The fraction of sp³-hybridized carbons (Fsp3) is 0.438. The Morgan fingerprint density at radius 2 is 1.89 bits per heavy atom. The first-order valence-electron chi connectivity index (χ1n) is 6.50. The molecule has 3 nitrogen and oxygen atoms in total. The zero-order chi connectivity index (χ0) is 14.5. The lowest BCUT2D eigenvalue weighted by molar-refractivity contribution is 0.0493. The van der Waals surface area contributed by atoms with Crippen molar-refractivity contribution in [1.82, 2.24) is 5.32 Å². The molecule has 2 atom stereocenters. The molecular formula is C16H23NO2. The van der Waals surface area contributed by atoms with E-state index < -0.39 is 11.7 Å². The van der Waals surface area contributed by atoms with Crippen LogP contribution in [-0.2, 0) is 4.74 Å². The second kappa shape index (κ2) is 6.41. The van der Waals surface area contributed by atoms with Crippen molar-refractivity contribution in [3.05, 3.63) is 48.6 Å². The maximum Gasteiger partial charge on any atom is 0.408 e. The first-order chi connectivity index (χ1) is 8.83. The lowest BCUT2D eigenvalue weighted by Crippen LogP contribution is -2.37. The van der Waals surface area contributed by atoms with Crippen LogP contribution >= 0.6 is 0 Å². The van der Waals surface area contributed by atoms with Crippen LogP contribution in [0.3, 0.4) is 0 Å². The van der Waals surface area contributed by atoms with Gasteiger partial charge < -0.3 is 10.1 Å². The van der Waals surface area contributed by atoms with Gasteiger partial charge >= 0.3 is 6.09 Å². The minimum absolute atomic E-state index is 0.120. The van der Waals surface area contributed by atoms with Crippen LogP contribution in [0.25, 0.3) is 0 Å². The van der Waals surface area contributed by atoms with E-state index in [4.69, 9.17) is 4.74 Å². The van der Waals surface area contributed by atoms with E-state index in [2.05, 4.69) is 11.9 Å². The quantitative estimate of drug-likeness (QED) is 0.829. The van der Waals surface area contributed by atoms with Gasteiger partial charge in [-0.2, -0.15) is 0 Å². The van der Waals surface area contributed by atoms with E-state index in [0.717, 1.165) is 5.56 Å². The summed E-state index contributed by atoms with van der Waals surface area (Å²) in [5.74, 6) is 0.120. The van der Waals surface area contributed by atoms with Crippen LogP contribution in [0.15, 0.2) is 43.0 Å². The van der Waals surface area contributed by atoms with Gasteiger partial charge in [0, 0.05) is 0 Å². The summed E-state index contributed by atoms with van der Waals surface area (Å²) >= 11 is 0. The smallest absolute Gasteiger partial charge is 0.408 e. The topological polar surface area (TPSA) is 38.3 Å². The maximum absolute atomic E-state index is 11.9. The molecule has 0 aliphatic carbocycles. The van der Waals surface area contributed by atoms with Crippen molar-refractivity contribution in [2.45, 2.75) is 39.3 Å². The highest BCUT2D eigenvalue weighted by atomic mass is 16.6. The van der Waals surface area contributed by atoms with Crippen LogP contribution in [0.2, 0.25) is 0 Å². The number of carbonyl (C=O) groups is 1. The highest BCUT2D eigenvalue weighted by Gasteiger charge is 2.23. The number of ether oxygens (including phenoxy) is 1. The van der Waals surface area contributed by atoms with E-state index in [1.165, 1.54) is 0 Å². The molecule has 0 heterocycles. The maximum atomic E-state index is 11.9. The number of nitrogens with one attached hydrogen (secondary N) is 1. The molecule has 19 heavy (non-hydrogen) atoms. The lowest BCUT2D eigenvalue weighted by Gasteiger charge is -2.26. The molecule has 1 rings (SSSR count). The van der Waals surface area contributed by atoms with Gasteiger partial charge in [0.1, 0.15) is 5.60 Å². The van der Waals surface area contributed by atoms with Crippen molar-refractivity contribution < 1.29 is 9.53 Å². The number of hydrogen-bond acceptors (Lipinski definition) is 2. The molecule has 0 saturated heterocycles. The Bertz CT molecular complexity index is 420. The third-order valence-corrected chi connectivity index (χ3v) is 2.73. The number of carbonyl (C=O) groups excluding carboxylic acids is 1. The fourth-order valence-corrected chi connectivity index (χ4v) is 1.75. The van der Waals surface area contributed by atoms with Crippen LogP contribution in [0.5, 0.6) is 0 Å². The van der Waals surface area contributed by atoms with Crippen LogP contribution in [0.1, 0.15) is 39.3 Å². The molecule has 0 radical (unpaired) electrons. The van der Waals surface area contributed by atoms with Crippen LogP contribution in [0.4, 0.5) is 4.79 Å². The van der Waals surface area contributed by atoms with E-state index in [9.17, 15) is 4.79 Å². The Kier molecular flexibility index (Phi) is 5.16. The Balaban J connectivity index is 2.82. The number of alkyl carbamates (subject to hydrolysis) is 1. The monoisotopic (exact) mass is 261 g/mol. The molecule has 1 amide bonds.